The third-order valence-corrected chi connectivity index (χ3v) is 3.86. The zero-order chi connectivity index (χ0) is 11.5. The lowest BCUT2D eigenvalue weighted by atomic mass is 10.3. The maximum Gasteiger partial charge on any atom is 0.333 e. The molecule has 2 heterocycles. The van der Waals surface area contributed by atoms with Gasteiger partial charge in [-0.05, 0) is 20.3 Å². The molecule has 2 rings (SSSR count). The molecule has 0 aliphatic carbocycles. The molecule has 2 unspecified atom stereocenters. The van der Waals surface area contributed by atoms with Crippen molar-refractivity contribution >= 4 is 17.7 Å². The van der Waals surface area contributed by atoms with Gasteiger partial charge >= 0.3 is 5.97 Å². The predicted molar refractivity (Wildman–Crippen MR) is 62.8 cm³/mol. The van der Waals surface area contributed by atoms with Crippen molar-refractivity contribution in [3.05, 3.63) is 11.1 Å². The number of fused-ring (bicyclic) bond motifs is 1. The molecule has 2 saturated heterocycles. The topological polar surface area (TPSA) is 38.8 Å². The van der Waals surface area contributed by atoms with Crippen LogP contribution in [-0.4, -0.2) is 42.1 Å². The minimum absolute atomic E-state index is 0.124. The highest BCUT2D eigenvalue weighted by molar-refractivity contribution is 8.03. The first kappa shape index (κ1) is 11.8. The molecule has 0 radical (unpaired) electrons. The van der Waals surface area contributed by atoms with Gasteiger partial charge in [0.1, 0.15) is 6.23 Å². The number of nitrogens with zero attached hydrogens (tertiary/aromatic N) is 1. The zero-order valence-electron chi connectivity index (χ0n) is 9.64. The lowest BCUT2D eigenvalue weighted by Crippen LogP contribution is -2.41. The minimum atomic E-state index is -0.261. The Bertz CT molecular complexity index is 306. The highest BCUT2D eigenvalue weighted by Crippen LogP contribution is 2.40. The monoisotopic (exact) mass is 243 g/mol. The van der Waals surface area contributed by atoms with Gasteiger partial charge in [0.2, 0.25) is 0 Å². The van der Waals surface area contributed by atoms with E-state index in [4.69, 9.17) is 9.47 Å². The summed E-state index contributed by atoms with van der Waals surface area (Å²) >= 11 is 1.69. The quantitative estimate of drug-likeness (QED) is 0.544. The van der Waals surface area contributed by atoms with E-state index in [1.165, 1.54) is 0 Å². The van der Waals surface area contributed by atoms with Crippen molar-refractivity contribution in [2.75, 3.05) is 19.8 Å². The number of carbonyl (C=O) groups excluding carboxylic acids is 1. The fraction of sp³-hybridized carbons (Fsp3) is 0.727. The summed E-state index contributed by atoms with van der Waals surface area (Å²) < 4.78 is 10.6. The lowest BCUT2D eigenvalue weighted by Gasteiger charge is -2.32. The molecule has 0 saturated carbocycles. The number of ether oxygens (including phenoxy) is 2. The number of carbonyl (C=O) groups is 1. The van der Waals surface area contributed by atoms with E-state index in [1.807, 2.05) is 6.92 Å². The maximum atomic E-state index is 11.4. The van der Waals surface area contributed by atoms with Gasteiger partial charge in [0.25, 0.3) is 0 Å². The summed E-state index contributed by atoms with van der Waals surface area (Å²) in [6.07, 6.45) is 2.72. The summed E-state index contributed by atoms with van der Waals surface area (Å²) in [6.45, 7) is 6.14. The second kappa shape index (κ2) is 5.10. The van der Waals surface area contributed by atoms with E-state index < -0.39 is 0 Å². The van der Waals surface area contributed by atoms with E-state index in [0.717, 1.165) is 24.6 Å². The lowest BCUT2D eigenvalue weighted by molar-refractivity contribution is -0.137. The fourth-order valence-corrected chi connectivity index (χ4v) is 3.22. The van der Waals surface area contributed by atoms with Crippen LogP contribution < -0.4 is 0 Å². The van der Waals surface area contributed by atoms with Gasteiger partial charge in [-0.2, -0.15) is 0 Å². The Labute approximate surface area is 100.0 Å². The van der Waals surface area contributed by atoms with E-state index in [0.29, 0.717) is 11.9 Å². The van der Waals surface area contributed by atoms with E-state index in [9.17, 15) is 4.79 Å². The van der Waals surface area contributed by atoms with Crippen molar-refractivity contribution in [2.45, 2.75) is 31.7 Å². The van der Waals surface area contributed by atoms with E-state index in [-0.39, 0.29) is 12.2 Å². The van der Waals surface area contributed by atoms with Gasteiger partial charge in [0, 0.05) is 6.54 Å². The Kier molecular flexibility index (Phi) is 3.76. The van der Waals surface area contributed by atoms with Crippen molar-refractivity contribution in [3.63, 3.8) is 0 Å². The average Bonchev–Trinajstić information content (AvgIpc) is 2.57. The molecule has 0 N–H and O–H groups in total. The van der Waals surface area contributed by atoms with Crippen molar-refractivity contribution in [1.29, 1.82) is 0 Å². The highest BCUT2D eigenvalue weighted by Gasteiger charge is 2.38. The molecule has 2 aliphatic rings. The molecule has 4 nitrogen and oxygen atoms in total. The van der Waals surface area contributed by atoms with Crippen molar-refractivity contribution in [1.82, 2.24) is 4.90 Å². The Balaban J connectivity index is 2.07. The zero-order valence-corrected chi connectivity index (χ0v) is 10.5. The van der Waals surface area contributed by atoms with Crippen LogP contribution in [-0.2, 0) is 14.3 Å². The number of rotatable bonds is 2. The third kappa shape index (κ3) is 2.35. The normalized spacial score (nSPS) is 31.6. The standard InChI is InChI=1S/C11H17NO3S/c1-3-14-10(13)7-9-12-5-4-6-15-11(12)8(2)16-9/h7-8,11H,3-6H2,1-2H3/b9-7-. The van der Waals surface area contributed by atoms with Gasteiger partial charge in [-0.25, -0.2) is 4.79 Å². The number of hydrogen-bond donors (Lipinski definition) is 0. The van der Waals surface area contributed by atoms with Crippen LogP contribution in [0.15, 0.2) is 11.1 Å². The first-order chi connectivity index (χ1) is 7.72. The maximum absolute atomic E-state index is 11.4. The molecular formula is C11H17NO3S. The van der Waals surface area contributed by atoms with Crippen molar-refractivity contribution in [3.8, 4) is 0 Å². The highest BCUT2D eigenvalue weighted by atomic mass is 32.2. The van der Waals surface area contributed by atoms with Gasteiger partial charge in [-0.15, -0.1) is 11.8 Å². The Morgan fingerprint density at radius 3 is 3.31 bits per heavy atom. The molecule has 2 fully saturated rings. The molecule has 0 aromatic rings. The van der Waals surface area contributed by atoms with Crippen LogP contribution in [0.5, 0.6) is 0 Å². The minimum Gasteiger partial charge on any atom is -0.463 e. The number of thioether (sulfide) groups is 1. The SMILES string of the molecule is CCOC(=O)/C=C1\SC(C)C2OCCCN12. The molecule has 0 spiro atoms. The van der Waals surface area contributed by atoms with Crippen LogP contribution in [0.4, 0.5) is 0 Å². The largest absolute Gasteiger partial charge is 0.463 e. The molecule has 2 atom stereocenters. The molecule has 0 bridgehead atoms. The van der Waals surface area contributed by atoms with Crippen LogP contribution in [0.2, 0.25) is 0 Å². The summed E-state index contributed by atoms with van der Waals surface area (Å²) in [7, 11) is 0. The van der Waals surface area contributed by atoms with Gasteiger partial charge in [-0.3, -0.25) is 0 Å². The summed E-state index contributed by atoms with van der Waals surface area (Å²) in [4.78, 5) is 13.6. The Morgan fingerprint density at radius 1 is 1.75 bits per heavy atom. The van der Waals surface area contributed by atoms with Crippen LogP contribution in [0.1, 0.15) is 20.3 Å². The molecule has 0 aromatic heterocycles. The molecule has 0 aromatic carbocycles. The van der Waals surface area contributed by atoms with Crippen LogP contribution in [0.25, 0.3) is 0 Å². The molecule has 16 heavy (non-hydrogen) atoms. The summed E-state index contributed by atoms with van der Waals surface area (Å²) in [5.74, 6) is -0.261. The predicted octanol–water partition coefficient (Wildman–Crippen LogP) is 1.57. The molecule has 0 amide bonds. The van der Waals surface area contributed by atoms with Gasteiger partial charge in [0.05, 0.1) is 29.6 Å². The van der Waals surface area contributed by atoms with E-state index in [1.54, 1.807) is 17.8 Å². The molecule has 90 valence electrons. The van der Waals surface area contributed by atoms with Crippen LogP contribution in [0.3, 0.4) is 0 Å². The van der Waals surface area contributed by atoms with E-state index >= 15 is 0 Å². The summed E-state index contributed by atoms with van der Waals surface area (Å²) in [6, 6.07) is 0. The molecular weight excluding hydrogens is 226 g/mol. The van der Waals surface area contributed by atoms with Crippen molar-refractivity contribution in [2.24, 2.45) is 0 Å². The molecule has 2 aliphatic heterocycles. The fourth-order valence-electron chi connectivity index (χ4n) is 2.00. The second-order valence-electron chi connectivity index (χ2n) is 3.87. The Hall–Kier alpha value is -0.680. The smallest absolute Gasteiger partial charge is 0.333 e. The summed E-state index contributed by atoms with van der Waals surface area (Å²) in [5.41, 5.74) is 0. The van der Waals surface area contributed by atoms with Gasteiger partial charge in [0.15, 0.2) is 0 Å². The average molecular weight is 243 g/mol. The second-order valence-corrected chi connectivity index (χ2v) is 5.26. The van der Waals surface area contributed by atoms with Gasteiger partial charge in [-0.1, -0.05) is 0 Å². The van der Waals surface area contributed by atoms with E-state index in [2.05, 4.69) is 11.8 Å². The number of esters is 1. The van der Waals surface area contributed by atoms with Crippen LogP contribution in [0, 0.1) is 0 Å². The third-order valence-electron chi connectivity index (χ3n) is 2.66. The molecule has 5 heteroatoms. The first-order valence-electron chi connectivity index (χ1n) is 5.65. The Morgan fingerprint density at radius 2 is 2.56 bits per heavy atom. The summed E-state index contributed by atoms with van der Waals surface area (Å²) in [5, 5.41) is 1.36. The number of hydrogen-bond acceptors (Lipinski definition) is 5. The van der Waals surface area contributed by atoms with Gasteiger partial charge < -0.3 is 14.4 Å². The van der Waals surface area contributed by atoms with Crippen LogP contribution >= 0.6 is 11.8 Å². The van der Waals surface area contributed by atoms with Crippen molar-refractivity contribution < 1.29 is 14.3 Å². The first-order valence-corrected chi connectivity index (χ1v) is 6.53.